The van der Waals surface area contributed by atoms with Gasteiger partial charge in [-0.1, -0.05) is 32.0 Å². The number of para-hydroxylation sites is 1. The molecule has 1 nitrogen and oxygen atoms in total. The molecule has 1 aromatic carbocycles. The molecule has 0 saturated carbocycles. The zero-order valence-corrected chi connectivity index (χ0v) is 9.32. The Morgan fingerprint density at radius 3 is 2.62 bits per heavy atom. The van der Waals surface area contributed by atoms with Gasteiger partial charge in [0.1, 0.15) is 0 Å². The number of benzene rings is 1. The van der Waals surface area contributed by atoms with Crippen LogP contribution in [0, 0.1) is 0 Å². The van der Waals surface area contributed by atoms with Crippen molar-refractivity contribution in [1.82, 2.24) is 0 Å². The minimum absolute atomic E-state index is 0.516. The van der Waals surface area contributed by atoms with Gasteiger partial charge in [-0.05, 0) is 23.3 Å². The van der Waals surface area contributed by atoms with E-state index in [-0.39, 0.29) is 0 Å². The zero-order chi connectivity index (χ0) is 9.84. The number of hydrogen-bond acceptors (Lipinski definition) is 2. The van der Waals surface area contributed by atoms with E-state index in [1.54, 1.807) is 0 Å². The van der Waals surface area contributed by atoms with Crippen molar-refractivity contribution in [1.29, 1.82) is 0 Å². The minimum Gasteiger partial charge on any atom is -0.398 e. The van der Waals surface area contributed by atoms with Crippen LogP contribution in [0.15, 0.2) is 18.2 Å². The third-order valence-corrected chi connectivity index (χ3v) is 2.75. The predicted molar refractivity (Wildman–Crippen MR) is 62.2 cm³/mol. The van der Waals surface area contributed by atoms with E-state index in [1.165, 1.54) is 11.1 Å². The fourth-order valence-electron chi connectivity index (χ4n) is 1.42. The summed E-state index contributed by atoms with van der Waals surface area (Å²) in [5.41, 5.74) is 9.57. The van der Waals surface area contributed by atoms with Crippen molar-refractivity contribution < 1.29 is 0 Å². The lowest BCUT2D eigenvalue weighted by Crippen LogP contribution is -2.00. The van der Waals surface area contributed by atoms with Crippen molar-refractivity contribution in [2.45, 2.75) is 25.5 Å². The Balaban J connectivity index is 3.03. The number of rotatable bonds is 3. The Hall–Kier alpha value is -0.630. The Bertz CT molecular complexity index is 281. The lowest BCUT2D eigenvalue weighted by Gasteiger charge is -2.12. The van der Waals surface area contributed by atoms with Gasteiger partial charge in [0.15, 0.2) is 0 Å². The molecule has 0 bridgehead atoms. The maximum atomic E-state index is 6.06. The standard InChI is InChI=1S/C11H17NS/c1-8(2)10-6-4-5-9(7-13-3)11(10)12/h4-6,8H,7,12H2,1-3H3. The van der Waals surface area contributed by atoms with Crippen LogP contribution in [0.4, 0.5) is 5.69 Å². The highest BCUT2D eigenvalue weighted by Gasteiger charge is 2.06. The second-order valence-corrected chi connectivity index (χ2v) is 4.37. The van der Waals surface area contributed by atoms with Crippen LogP contribution >= 0.6 is 11.8 Å². The van der Waals surface area contributed by atoms with Crippen molar-refractivity contribution in [3.63, 3.8) is 0 Å². The molecule has 0 heterocycles. The average Bonchev–Trinajstić information content (AvgIpc) is 2.08. The fourth-order valence-corrected chi connectivity index (χ4v) is 1.98. The van der Waals surface area contributed by atoms with E-state index < -0.39 is 0 Å². The third-order valence-electron chi connectivity index (χ3n) is 2.15. The Morgan fingerprint density at radius 2 is 2.08 bits per heavy atom. The van der Waals surface area contributed by atoms with Crippen LogP contribution < -0.4 is 5.73 Å². The molecule has 0 saturated heterocycles. The topological polar surface area (TPSA) is 26.0 Å². The molecule has 2 heteroatoms. The van der Waals surface area contributed by atoms with E-state index >= 15 is 0 Å². The summed E-state index contributed by atoms with van der Waals surface area (Å²) in [6.07, 6.45) is 2.10. The summed E-state index contributed by atoms with van der Waals surface area (Å²) in [7, 11) is 0. The zero-order valence-electron chi connectivity index (χ0n) is 8.50. The van der Waals surface area contributed by atoms with E-state index in [1.807, 2.05) is 11.8 Å². The molecule has 0 fully saturated rings. The molecule has 1 rings (SSSR count). The molecular formula is C11H17NS. The molecule has 0 radical (unpaired) electrons. The molecule has 0 unspecified atom stereocenters. The van der Waals surface area contributed by atoms with Crippen LogP contribution in [0.25, 0.3) is 0 Å². The number of thioether (sulfide) groups is 1. The first-order valence-corrected chi connectivity index (χ1v) is 5.92. The van der Waals surface area contributed by atoms with Crippen molar-refractivity contribution in [2.75, 3.05) is 12.0 Å². The highest BCUT2D eigenvalue weighted by atomic mass is 32.2. The van der Waals surface area contributed by atoms with Crippen molar-refractivity contribution in [3.05, 3.63) is 29.3 Å². The molecule has 0 aliphatic rings. The molecule has 0 aliphatic carbocycles. The highest BCUT2D eigenvalue weighted by Crippen LogP contribution is 2.26. The number of nitrogen functional groups attached to an aromatic ring is 1. The van der Waals surface area contributed by atoms with Gasteiger partial charge in [0.25, 0.3) is 0 Å². The largest absolute Gasteiger partial charge is 0.398 e. The lowest BCUT2D eigenvalue weighted by molar-refractivity contribution is 0.868. The molecular weight excluding hydrogens is 178 g/mol. The molecule has 0 amide bonds. The van der Waals surface area contributed by atoms with Gasteiger partial charge in [-0.15, -0.1) is 0 Å². The first-order valence-electron chi connectivity index (χ1n) is 4.53. The van der Waals surface area contributed by atoms with Crippen LogP contribution in [0.1, 0.15) is 30.9 Å². The third kappa shape index (κ3) is 2.41. The van der Waals surface area contributed by atoms with Crippen LogP contribution in [0.5, 0.6) is 0 Å². The minimum atomic E-state index is 0.516. The molecule has 72 valence electrons. The van der Waals surface area contributed by atoms with Gasteiger partial charge >= 0.3 is 0 Å². The Morgan fingerprint density at radius 1 is 1.38 bits per heavy atom. The van der Waals surface area contributed by atoms with Crippen LogP contribution in [-0.2, 0) is 5.75 Å². The fraction of sp³-hybridized carbons (Fsp3) is 0.455. The molecule has 0 aliphatic heterocycles. The maximum Gasteiger partial charge on any atom is 0.0390 e. The molecule has 0 spiro atoms. The number of nitrogens with two attached hydrogens (primary N) is 1. The smallest absolute Gasteiger partial charge is 0.0390 e. The molecule has 0 aromatic heterocycles. The summed E-state index contributed by atoms with van der Waals surface area (Å²) in [6.45, 7) is 4.35. The SMILES string of the molecule is CSCc1cccc(C(C)C)c1N. The summed E-state index contributed by atoms with van der Waals surface area (Å²) >= 11 is 1.81. The predicted octanol–water partition coefficient (Wildman–Crippen LogP) is 3.26. The maximum absolute atomic E-state index is 6.06. The second-order valence-electron chi connectivity index (χ2n) is 3.51. The molecule has 2 N–H and O–H groups in total. The lowest BCUT2D eigenvalue weighted by atomic mass is 9.99. The van der Waals surface area contributed by atoms with Gasteiger partial charge in [-0.2, -0.15) is 11.8 Å². The van der Waals surface area contributed by atoms with E-state index in [0.717, 1.165) is 11.4 Å². The first-order chi connectivity index (χ1) is 6.16. The van der Waals surface area contributed by atoms with E-state index in [2.05, 4.69) is 38.3 Å². The van der Waals surface area contributed by atoms with Crippen molar-refractivity contribution in [3.8, 4) is 0 Å². The van der Waals surface area contributed by atoms with E-state index in [0.29, 0.717) is 5.92 Å². The van der Waals surface area contributed by atoms with Gasteiger partial charge < -0.3 is 5.73 Å². The quantitative estimate of drug-likeness (QED) is 0.749. The van der Waals surface area contributed by atoms with Crippen LogP contribution in [0.3, 0.4) is 0 Å². The van der Waals surface area contributed by atoms with Gasteiger partial charge in [-0.25, -0.2) is 0 Å². The molecule has 0 atom stereocenters. The summed E-state index contributed by atoms with van der Waals surface area (Å²) in [4.78, 5) is 0. The Labute approximate surface area is 84.7 Å². The molecule has 13 heavy (non-hydrogen) atoms. The van der Waals surface area contributed by atoms with Crippen molar-refractivity contribution >= 4 is 17.4 Å². The molecule has 1 aromatic rings. The summed E-state index contributed by atoms with van der Waals surface area (Å²) < 4.78 is 0. The summed E-state index contributed by atoms with van der Waals surface area (Å²) in [5.74, 6) is 1.52. The highest BCUT2D eigenvalue weighted by molar-refractivity contribution is 7.97. The van der Waals surface area contributed by atoms with E-state index in [4.69, 9.17) is 5.73 Å². The number of anilines is 1. The van der Waals surface area contributed by atoms with E-state index in [9.17, 15) is 0 Å². The van der Waals surface area contributed by atoms with Gasteiger partial charge in [0.2, 0.25) is 0 Å². The normalized spacial score (nSPS) is 10.8. The Kier molecular flexibility index (Phi) is 3.67. The van der Waals surface area contributed by atoms with Crippen LogP contribution in [-0.4, -0.2) is 6.26 Å². The van der Waals surface area contributed by atoms with Crippen LogP contribution in [0.2, 0.25) is 0 Å². The van der Waals surface area contributed by atoms with Gasteiger partial charge in [0, 0.05) is 11.4 Å². The second kappa shape index (κ2) is 4.56. The van der Waals surface area contributed by atoms with Crippen molar-refractivity contribution in [2.24, 2.45) is 0 Å². The summed E-state index contributed by atoms with van der Waals surface area (Å²) in [5, 5.41) is 0. The first kappa shape index (κ1) is 10.5. The monoisotopic (exact) mass is 195 g/mol. The summed E-state index contributed by atoms with van der Waals surface area (Å²) in [6, 6.07) is 6.32. The number of hydrogen-bond donors (Lipinski definition) is 1. The van der Waals surface area contributed by atoms with Gasteiger partial charge in [-0.3, -0.25) is 0 Å². The van der Waals surface area contributed by atoms with Gasteiger partial charge in [0.05, 0.1) is 0 Å². The average molecular weight is 195 g/mol.